The minimum atomic E-state index is -1.15. The lowest BCUT2D eigenvalue weighted by Crippen LogP contribution is -2.51. The van der Waals surface area contributed by atoms with Gasteiger partial charge in [-0.1, -0.05) is 19.6 Å². The molecule has 2 aliphatic rings. The van der Waals surface area contributed by atoms with Gasteiger partial charge in [0.25, 0.3) is 5.91 Å². The molecule has 0 saturated heterocycles. The average molecular weight is 468 g/mol. The van der Waals surface area contributed by atoms with Gasteiger partial charge in [0, 0.05) is 44.4 Å². The van der Waals surface area contributed by atoms with Crippen molar-refractivity contribution in [3.63, 3.8) is 0 Å². The van der Waals surface area contributed by atoms with E-state index < -0.39 is 8.07 Å². The van der Waals surface area contributed by atoms with Crippen molar-refractivity contribution in [1.29, 1.82) is 5.26 Å². The fraction of sp³-hybridized carbons (Fsp3) is 0.583. The van der Waals surface area contributed by atoms with E-state index in [4.69, 9.17) is 4.74 Å². The van der Waals surface area contributed by atoms with Crippen LogP contribution in [0.3, 0.4) is 0 Å². The highest BCUT2D eigenvalue weighted by Crippen LogP contribution is 2.39. The quantitative estimate of drug-likeness (QED) is 0.253. The maximum absolute atomic E-state index is 13.1. The first-order valence-corrected chi connectivity index (χ1v) is 15.5. The highest BCUT2D eigenvalue weighted by atomic mass is 28.3. The minimum Gasteiger partial charge on any atom is -0.361 e. The van der Waals surface area contributed by atoms with E-state index in [-0.39, 0.29) is 24.4 Å². The number of amides is 1. The molecule has 33 heavy (non-hydrogen) atoms. The van der Waals surface area contributed by atoms with Crippen LogP contribution in [0.1, 0.15) is 36.0 Å². The number of nitrogens with zero attached hydrogens (tertiary/aromatic N) is 5. The Hall–Kier alpha value is -2.70. The van der Waals surface area contributed by atoms with Gasteiger partial charge in [0.15, 0.2) is 0 Å². The molecule has 1 saturated carbocycles. The first kappa shape index (κ1) is 23.5. The maximum atomic E-state index is 13.1. The highest BCUT2D eigenvalue weighted by molar-refractivity contribution is 6.76. The molecule has 0 bridgehead atoms. The predicted molar refractivity (Wildman–Crippen MR) is 130 cm³/mol. The molecule has 1 fully saturated rings. The van der Waals surface area contributed by atoms with E-state index in [2.05, 4.69) is 35.6 Å². The fourth-order valence-electron chi connectivity index (χ4n) is 4.78. The zero-order chi connectivity index (χ0) is 23.6. The van der Waals surface area contributed by atoms with Crippen LogP contribution in [0.15, 0.2) is 18.5 Å². The summed E-state index contributed by atoms with van der Waals surface area (Å²) in [6, 6.07) is 5.45. The molecular weight excluding hydrogens is 434 g/mol. The summed E-state index contributed by atoms with van der Waals surface area (Å²) in [4.78, 5) is 32.8. The van der Waals surface area contributed by atoms with Crippen LogP contribution >= 0.6 is 0 Å². The standard InChI is InChI=1S/C24H33N5O3Si/c1-33(2,3)13-12-32-17-28-10-8-20-22-21(14-26-23(20)28)24(31)27(11-9-25)16-29(22)19-6-4-18(15-30)5-7-19/h8,10,14-15,18-19H,4-7,11-13,16-17H2,1-3H3. The largest absolute Gasteiger partial charge is 0.361 e. The summed E-state index contributed by atoms with van der Waals surface area (Å²) in [5.74, 6) is -0.0351. The number of ether oxygens (including phenoxy) is 1. The van der Waals surface area contributed by atoms with Crippen LogP contribution in [0.2, 0.25) is 25.7 Å². The number of hydrogen-bond acceptors (Lipinski definition) is 6. The summed E-state index contributed by atoms with van der Waals surface area (Å²) >= 11 is 0. The molecule has 9 heteroatoms. The second kappa shape index (κ2) is 9.65. The number of hydrogen-bond donors (Lipinski definition) is 0. The molecule has 0 atom stereocenters. The zero-order valence-corrected chi connectivity index (χ0v) is 20.8. The van der Waals surface area contributed by atoms with Crippen molar-refractivity contribution in [2.24, 2.45) is 5.92 Å². The molecule has 1 aliphatic heterocycles. The third-order valence-corrected chi connectivity index (χ3v) is 8.46. The van der Waals surface area contributed by atoms with E-state index in [1.165, 1.54) is 0 Å². The third-order valence-electron chi connectivity index (χ3n) is 6.75. The van der Waals surface area contributed by atoms with Crippen LogP contribution < -0.4 is 4.90 Å². The molecule has 0 radical (unpaired) electrons. The Morgan fingerprint density at radius 1 is 1.27 bits per heavy atom. The van der Waals surface area contributed by atoms with Crippen molar-refractivity contribution in [1.82, 2.24) is 14.5 Å². The average Bonchev–Trinajstić information content (AvgIpc) is 3.21. The summed E-state index contributed by atoms with van der Waals surface area (Å²) < 4.78 is 7.94. The van der Waals surface area contributed by atoms with Gasteiger partial charge in [-0.25, -0.2) is 4.98 Å². The first-order chi connectivity index (χ1) is 15.8. The lowest BCUT2D eigenvalue weighted by molar-refractivity contribution is -0.111. The highest BCUT2D eigenvalue weighted by Gasteiger charge is 2.36. The Kier molecular flexibility index (Phi) is 6.86. The van der Waals surface area contributed by atoms with Crippen molar-refractivity contribution in [3.05, 3.63) is 24.0 Å². The van der Waals surface area contributed by atoms with Crippen molar-refractivity contribution >= 4 is 37.0 Å². The normalized spacial score (nSPS) is 21.2. The minimum absolute atomic E-state index is 0.0441. The molecule has 3 heterocycles. The van der Waals surface area contributed by atoms with Gasteiger partial charge in [0.2, 0.25) is 0 Å². The Balaban J connectivity index is 1.64. The number of aromatic nitrogens is 2. The van der Waals surface area contributed by atoms with E-state index in [9.17, 15) is 14.9 Å². The number of carbonyl (C=O) groups is 2. The van der Waals surface area contributed by atoms with Crippen molar-refractivity contribution < 1.29 is 14.3 Å². The van der Waals surface area contributed by atoms with Crippen LogP contribution in [0.5, 0.6) is 0 Å². The van der Waals surface area contributed by atoms with Gasteiger partial charge in [-0.15, -0.1) is 0 Å². The molecule has 2 aromatic heterocycles. The molecular formula is C24H33N5O3Si. The van der Waals surface area contributed by atoms with Crippen molar-refractivity contribution in [3.8, 4) is 6.07 Å². The Morgan fingerprint density at radius 3 is 2.70 bits per heavy atom. The van der Waals surface area contributed by atoms with Crippen molar-refractivity contribution in [2.45, 2.75) is 64.1 Å². The van der Waals surface area contributed by atoms with E-state index >= 15 is 0 Å². The predicted octanol–water partition coefficient (Wildman–Crippen LogP) is 3.85. The van der Waals surface area contributed by atoms with Gasteiger partial charge in [-0.2, -0.15) is 5.26 Å². The van der Waals surface area contributed by atoms with Gasteiger partial charge < -0.3 is 23.9 Å². The van der Waals surface area contributed by atoms with Gasteiger partial charge in [0.1, 0.15) is 25.2 Å². The molecule has 0 aromatic carbocycles. The van der Waals surface area contributed by atoms with Gasteiger partial charge in [0.05, 0.1) is 24.0 Å². The molecule has 0 unspecified atom stereocenters. The number of pyridine rings is 1. The number of nitriles is 1. The Bertz CT molecular complexity index is 1060. The molecule has 2 aromatic rings. The topological polar surface area (TPSA) is 91.5 Å². The SMILES string of the molecule is C[Si](C)(C)CCOCn1ccc2c3c(cnc21)C(=O)N(CC#N)CN3C1CCC(C=O)CC1. The molecule has 0 spiro atoms. The molecule has 4 rings (SSSR count). The number of rotatable bonds is 8. The van der Waals surface area contributed by atoms with Crippen molar-refractivity contribution in [2.75, 3.05) is 24.7 Å². The number of anilines is 1. The molecule has 8 nitrogen and oxygen atoms in total. The van der Waals surface area contributed by atoms with Crippen LogP contribution in [0.4, 0.5) is 5.69 Å². The van der Waals surface area contributed by atoms with Gasteiger partial charge >= 0.3 is 0 Å². The summed E-state index contributed by atoms with van der Waals surface area (Å²) in [7, 11) is -1.15. The second-order valence-corrected chi connectivity index (χ2v) is 16.0. The summed E-state index contributed by atoms with van der Waals surface area (Å²) in [6.07, 6.45) is 8.17. The summed E-state index contributed by atoms with van der Waals surface area (Å²) in [5, 5.41) is 10.2. The van der Waals surface area contributed by atoms with E-state index in [0.29, 0.717) is 19.0 Å². The van der Waals surface area contributed by atoms with E-state index in [0.717, 1.165) is 61.3 Å². The number of aldehydes is 1. The van der Waals surface area contributed by atoms with Crippen LogP contribution in [0.25, 0.3) is 11.0 Å². The number of fused-ring (bicyclic) bond motifs is 3. The summed E-state index contributed by atoms with van der Waals surface area (Å²) in [6.45, 7) is 8.58. The Morgan fingerprint density at radius 2 is 2.03 bits per heavy atom. The zero-order valence-electron chi connectivity index (χ0n) is 19.8. The third kappa shape index (κ3) is 4.97. The van der Waals surface area contributed by atoms with E-state index in [1.807, 2.05) is 16.8 Å². The lowest BCUT2D eigenvalue weighted by atomic mass is 9.85. The van der Waals surface area contributed by atoms with E-state index in [1.54, 1.807) is 11.1 Å². The second-order valence-electron chi connectivity index (χ2n) is 10.4. The fourth-order valence-corrected chi connectivity index (χ4v) is 5.54. The van der Waals surface area contributed by atoms with Crippen LogP contribution in [-0.2, 0) is 16.3 Å². The molecule has 176 valence electrons. The monoisotopic (exact) mass is 467 g/mol. The maximum Gasteiger partial charge on any atom is 0.259 e. The molecule has 0 N–H and O–H groups in total. The number of carbonyl (C=O) groups excluding carboxylic acids is 2. The van der Waals surface area contributed by atoms with Crippen LogP contribution in [0, 0.1) is 17.2 Å². The molecule has 1 amide bonds. The smallest absolute Gasteiger partial charge is 0.259 e. The summed E-state index contributed by atoms with van der Waals surface area (Å²) in [5.41, 5.74) is 2.24. The Labute approximate surface area is 196 Å². The lowest BCUT2D eigenvalue weighted by Gasteiger charge is -2.43. The first-order valence-electron chi connectivity index (χ1n) is 11.8. The van der Waals surface area contributed by atoms with Crippen LogP contribution in [-0.4, -0.2) is 60.6 Å². The van der Waals surface area contributed by atoms with Gasteiger partial charge in [-0.3, -0.25) is 4.79 Å². The van der Waals surface area contributed by atoms with Gasteiger partial charge in [-0.05, 0) is 37.8 Å². The molecule has 1 aliphatic carbocycles.